The fraction of sp³-hybridized carbons (Fsp3) is 1.00. The zero-order valence-electron chi connectivity index (χ0n) is 6.28. The molecule has 1 atom stereocenters. The van der Waals surface area contributed by atoms with Gasteiger partial charge in [0.2, 0.25) is 0 Å². The molecule has 5 heteroatoms. The highest BCUT2D eigenvalue weighted by Gasteiger charge is 1.99. The lowest BCUT2D eigenvalue weighted by atomic mass is 10.3. The van der Waals surface area contributed by atoms with Gasteiger partial charge >= 0.3 is 0 Å². The van der Waals surface area contributed by atoms with E-state index in [4.69, 9.17) is 10.8 Å². The van der Waals surface area contributed by atoms with Crippen LogP contribution in [0.15, 0.2) is 0 Å². The van der Waals surface area contributed by atoms with Crippen molar-refractivity contribution in [3.05, 3.63) is 0 Å². The summed E-state index contributed by atoms with van der Waals surface area (Å²) in [5, 5.41) is 8.86. The number of aliphatic hydroxyl groups excluding tert-OH is 1. The summed E-state index contributed by atoms with van der Waals surface area (Å²) in [6.45, 7) is 0.995. The topological polar surface area (TPSA) is 49.5 Å². The maximum Gasteiger partial charge on any atom is 0.0788 e. The van der Waals surface area contributed by atoms with Crippen molar-refractivity contribution in [3.63, 3.8) is 0 Å². The Morgan fingerprint density at radius 2 is 1.80 bits per heavy atom. The minimum Gasteiger partial charge on any atom is -0.390 e. The van der Waals surface area contributed by atoms with E-state index < -0.39 is 0 Å². The number of halogens is 2. The van der Waals surface area contributed by atoms with E-state index in [1.807, 2.05) is 19.0 Å². The Balaban J connectivity index is -0.000000245. The summed E-state index contributed by atoms with van der Waals surface area (Å²) in [4.78, 5) is 1.90. The van der Waals surface area contributed by atoms with Crippen LogP contribution in [0, 0.1) is 0 Å². The summed E-state index contributed by atoms with van der Waals surface area (Å²) in [7, 11) is 3.80. The fourth-order valence-corrected chi connectivity index (χ4v) is 0.496. The third kappa shape index (κ3) is 11.3. The van der Waals surface area contributed by atoms with Crippen molar-refractivity contribution in [2.24, 2.45) is 5.73 Å². The van der Waals surface area contributed by atoms with E-state index in [1.165, 1.54) is 0 Å². The van der Waals surface area contributed by atoms with Gasteiger partial charge in [-0.05, 0) is 14.1 Å². The van der Waals surface area contributed by atoms with Crippen LogP contribution in [-0.2, 0) is 0 Å². The maximum atomic E-state index is 8.86. The summed E-state index contributed by atoms with van der Waals surface area (Å²) < 4.78 is 0. The Bertz CT molecular complexity index is 63.6. The van der Waals surface area contributed by atoms with Gasteiger partial charge in [0.1, 0.15) is 0 Å². The van der Waals surface area contributed by atoms with Crippen LogP contribution in [0.4, 0.5) is 0 Å². The van der Waals surface area contributed by atoms with Gasteiger partial charge in [0, 0.05) is 13.1 Å². The van der Waals surface area contributed by atoms with Gasteiger partial charge in [-0.15, -0.1) is 24.8 Å². The van der Waals surface area contributed by atoms with Gasteiger partial charge in [-0.25, -0.2) is 0 Å². The van der Waals surface area contributed by atoms with Crippen LogP contribution in [-0.4, -0.2) is 43.3 Å². The second kappa shape index (κ2) is 9.46. The molecule has 0 rings (SSSR count). The van der Waals surface area contributed by atoms with Crippen molar-refractivity contribution in [1.29, 1.82) is 0 Å². The Morgan fingerprint density at radius 1 is 1.40 bits per heavy atom. The molecule has 0 unspecified atom stereocenters. The summed E-state index contributed by atoms with van der Waals surface area (Å²) in [6.07, 6.45) is -0.370. The number of nitrogens with two attached hydrogens (primary N) is 1. The second-order valence-electron chi connectivity index (χ2n) is 2.15. The minimum atomic E-state index is -0.370. The smallest absolute Gasteiger partial charge is 0.0788 e. The lowest BCUT2D eigenvalue weighted by Gasteiger charge is -2.12. The Kier molecular flexibility index (Phi) is 15.9. The molecule has 0 bridgehead atoms. The highest BCUT2D eigenvalue weighted by atomic mass is 35.5. The largest absolute Gasteiger partial charge is 0.390 e. The number of hydrogen-bond acceptors (Lipinski definition) is 3. The van der Waals surface area contributed by atoms with Gasteiger partial charge in [-0.1, -0.05) is 0 Å². The average Bonchev–Trinajstić information content (AvgIpc) is 1.65. The molecule has 0 aliphatic rings. The summed E-state index contributed by atoms with van der Waals surface area (Å²) >= 11 is 0. The number of likely N-dealkylation sites (N-methyl/N-ethyl adjacent to an activating group) is 1. The van der Waals surface area contributed by atoms with Crippen molar-refractivity contribution in [2.75, 3.05) is 27.2 Å². The SMILES string of the molecule is CN(C)C[C@@H](O)CN.Cl.Cl. The molecule has 10 heavy (non-hydrogen) atoms. The van der Waals surface area contributed by atoms with Crippen LogP contribution < -0.4 is 5.73 Å². The predicted molar refractivity (Wildman–Crippen MR) is 48.1 cm³/mol. The standard InChI is InChI=1S/C5H14N2O.2ClH/c1-7(2)4-5(8)3-6;;/h5,8H,3-4,6H2,1-2H3;2*1H/t5-;;/m0../s1. The second-order valence-corrected chi connectivity index (χ2v) is 2.15. The van der Waals surface area contributed by atoms with Gasteiger partial charge in [-0.2, -0.15) is 0 Å². The van der Waals surface area contributed by atoms with E-state index in [0.717, 1.165) is 0 Å². The highest BCUT2D eigenvalue weighted by molar-refractivity contribution is 5.85. The van der Waals surface area contributed by atoms with E-state index in [0.29, 0.717) is 13.1 Å². The Hall–Kier alpha value is 0.460. The first-order chi connectivity index (χ1) is 3.66. The molecule has 0 aromatic carbocycles. The van der Waals surface area contributed by atoms with Gasteiger partial charge in [0.15, 0.2) is 0 Å². The van der Waals surface area contributed by atoms with E-state index in [1.54, 1.807) is 0 Å². The van der Waals surface area contributed by atoms with Crippen molar-refractivity contribution >= 4 is 24.8 Å². The molecule has 0 heterocycles. The average molecular weight is 191 g/mol. The predicted octanol–water partition coefficient (Wildman–Crippen LogP) is -0.289. The van der Waals surface area contributed by atoms with E-state index in [-0.39, 0.29) is 30.9 Å². The van der Waals surface area contributed by atoms with Gasteiger partial charge in [-0.3, -0.25) is 0 Å². The Morgan fingerprint density at radius 3 is 1.90 bits per heavy atom. The Labute approximate surface area is 74.4 Å². The van der Waals surface area contributed by atoms with Crippen molar-refractivity contribution in [2.45, 2.75) is 6.10 Å². The molecule has 0 saturated heterocycles. The third-order valence-corrected chi connectivity index (χ3v) is 0.848. The van der Waals surface area contributed by atoms with Crippen molar-refractivity contribution < 1.29 is 5.11 Å². The molecule has 0 spiro atoms. The minimum absolute atomic E-state index is 0. The molecule has 0 aromatic heterocycles. The van der Waals surface area contributed by atoms with Crippen LogP contribution in [0.5, 0.6) is 0 Å². The van der Waals surface area contributed by atoms with Gasteiger partial charge < -0.3 is 15.7 Å². The number of hydrogen-bond donors (Lipinski definition) is 2. The number of rotatable bonds is 3. The van der Waals surface area contributed by atoms with Crippen LogP contribution in [0.1, 0.15) is 0 Å². The van der Waals surface area contributed by atoms with Gasteiger partial charge in [0.05, 0.1) is 6.10 Å². The molecule has 0 aliphatic heterocycles. The molecular formula is C5H16Cl2N2O. The number of aliphatic hydroxyl groups is 1. The summed E-state index contributed by atoms with van der Waals surface area (Å²) in [5.41, 5.74) is 5.14. The highest BCUT2D eigenvalue weighted by Crippen LogP contribution is 1.80. The third-order valence-electron chi connectivity index (χ3n) is 0.848. The maximum absolute atomic E-state index is 8.86. The molecule has 0 aliphatic carbocycles. The molecule has 66 valence electrons. The van der Waals surface area contributed by atoms with E-state index >= 15 is 0 Å². The molecule has 3 N–H and O–H groups in total. The molecule has 0 saturated carbocycles. The lowest BCUT2D eigenvalue weighted by Crippen LogP contribution is -2.31. The van der Waals surface area contributed by atoms with Crippen LogP contribution >= 0.6 is 24.8 Å². The van der Waals surface area contributed by atoms with E-state index in [9.17, 15) is 0 Å². The molecule has 0 fully saturated rings. The molecule has 3 nitrogen and oxygen atoms in total. The first-order valence-corrected chi connectivity index (χ1v) is 2.69. The van der Waals surface area contributed by atoms with Crippen LogP contribution in [0.25, 0.3) is 0 Å². The monoisotopic (exact) mass is 190 g/mol. The summed E-state index contributed by atoms with van der Waals surface area (Å²) in [6, 6.07) is 0. The van der Waals surface area contributed by atoms with Crippen molar-refractivity contribution in [1.82, 2.24) is 4.90 Å². The molecule has 0 amide bonds. The van der Waals surface area contributed by atoms with Crippen LogP contribution in [0.3, 0.4) is 0 Å². The normalized spacial score (nSPS) is 11.7. The first-order valence-electron chi connectivity index (χ1n) is 2.69. The fourth-order valence-electron chi connectivity index (χ4n) is 0.496. The zero-order valence-corrected chi connectivity index (χ0v) is 7.91. The quantitative estimate of drug-likeness (QED) is 0.644. The number of nitrogens with zero attached hydrogens (tertiary/aromatic N) is 1. The summed E-state index contributed by atoms with van der Waals surface area (Å²) in [5.74, 6) is 0. The zero-order chi connectivity index (χ0) is 6.57. The molecular weight excluding hydrogens is 175 g/mol. The van der Waals surface area contributed by atoms with Gasteiger partial charge in [0.25, 0.3) is 0 Å². The van der Waals surface area contributed by atoms with E-state index in [2.05, 4.69) is 0 Å². The molecule has 0 aromatic rings. The first kappa shape index (κ1) is 16.8. The van der Waals surface area contributed by atoms with Crippen molar-refractivity contribution in [3.8, 4) is 0 Å². The molecule has 0 radical (unpaired) electrons. The van der Waals surface area contributed by atoms with Crippen LogP contribution in [0.2, 0.25) is 0 Å². The lowest BCUT2D eigenvalue weighted by molar-refractivity contribution is 0.144.